The molecule has 5 heteroatoms. The van der Waals surface area contributed by atoms with Gasteiger partial charge in [-0.15, -0.1) is 0 Å². The largest absolute Gasteiger partial charge is 0.491 e. The third-order valence-corrected chi connectivity index (χ3v) is 4.37. The van der Waals surface area contributed by atoms with Crippen molar-refractivity contribution in [1.29, 1.82) is 0 Å². The molecule has 0 aliphatic carbocycles. The number of hydrogen-bond donors (Lipinski definition) is 0. The third kappa shape index (κ3) is 5.46. The molecule has 2 aliphatic rings. The molecule has 2 saturated heterocycles. The zero-order valence-corrected chi connectivity index (χ0v) is 13.7. The van der Waals surface area contributed by atoms with E-state index >= 15 is 0 Å². The number of nitrogens with zero attached hydrogens (tertiary/aromatic N) is 1. The van der Waals surface area contributed by atoms with E-state index in [0.717, 1.165) is 45.2 Å². The van der Waals surface area contributed by atoms with Crippen molar-refractivity contribution >= 4 is 0 Å². The number of para-hydroxylation sites is 1. The van der Waals surface area contributed by atoms with Crippen molar-refractivity contribution in [2.45, 2.75) is 19.1 Å². The van der Waals surface area contributed by atoms with Crippen LogP contribution in [-0.4, -0.2) is 63.9 Å². The molecule has 2 heterocycles. The third-order valence-electron chi connectivity index (χ3n) is 4.37. The summed E-state index contributed by atoms with van der Waals surface area (Å²) in [7, 11) is 0. The summed E-state index contributed by atoms with van der Waals surface area (Å²) in [6.07, 6.45) is 2.43. The van der Waals surface area contributed by atoms with Gasteiger partial charge < -0.3 is 23.8 Å². The number of rotatable bonds is 8. The number of benzene rings is 1. The van der Waals surface area contributed by atoms with Crippen LogP contribution in [0.15, 0.2) is 30.3 Å². The highest BCUT2D eigenvalue weighted by Crippen LogP contribution is 2.24. The van der Waals surface area contributed by atoms with E-state index in [9.17, 15) is 0 Å². The lowest BCUT2D eigenvalue weighted by Gasteiger charge is -2.34. The van der Waals surface area contributed by atoms with E-state index in [1.807, 2.05) is 30.3 Å². The van der Waals surface area contributed by atoms with Crippen LogP contribution < -0.4 is 4.74 Å². The normalized spacial score (nSPS) is 23.2. The second-order valence-electron chi connectivity index (χ2n) is 6.09. The maximum Gasteiger partial charge on any atom is 0.161 e. The first-order valence-corrected chi connectivity index (χ1v) is 8.63. The number of piperidine rings is 1. The Labute approximate surface area is 138 Å². The monoisotopic (exact) mass is 321 g/mol. The Balaban J connectivity index is 1.25. The van der Waals surface area contributed by atoms with E-state index in [4.69, 9.17) is 18.9 Å². The van der Waals surface area contributed by atoms with Crippen LogP contribution in [0, 0.1) is 5.92 Å². The lowest BCUT2D eigenvalue weighted by atomic mass is 9.97. The van der Waals surface area contributed by atoms with E-state index in [2.05, 4.69) is 4.90 Å². The highest BCUT2D eigenvalue weighted by atomic mass is 16.7. The van der Waals surface area contributed by atoms with Crippen LogP contribution in [0.25, 0.3) is 0 Å². The summed E-state index contributed by atoms with van der Waals surface area (Å²) in [5.74, 6) is 1.40. The Bertz CT molecular complexity index is 436. The number of likely N-dealkylation sites (tertiary alicyclic amines) is 1. The molecule has 5 nitrogen and oxygen atoms in total. The van der Waals surface area contributed by atoms with Gasteiger partial charge in [-0.25, -0.2) is 0 Å². The van der Waals surface area contributed by atoms with Crippen LogP contribution >= 0.6 is 0 Å². The minimum atomic E-state index is 0.0120. The van der Waals surface area contributed by atoms with Crippen molar-refractivity contribution in [3.8, 4) is 5.75 Å². The minimum Gasteiger partial charge on any atom is -0.491 e. The van der Waals surface area contributed by atoms with Crippen molar-refractivity contribution < 1.29 is 18.9 Å². The molecule has 1 atom stereocenters. The van der Waals surface area contributed by atoms with Crippen molar-refractivity contribution in [1.82, 2.24) is 4.90 Å². The van der Waals surface area contributed by atoms with Crippen LogP contribution in [0.2, 0.25) is 0 Å². The molecular weight excluding hydrogens is 294 g/mol. The lowest BCUT2D eigenvalue weighted by molar-refractivity contribution is -0.101. The van der Waals surface area contributed by atoms with E-state index in [1.54, 1.807) is 0 Å². The summed E-state index contributed by atoms with van der Waals surface area (Å²) >= 11 is 0. The van der Waals surface area contributed by atoms with Gasteiger partial charge in [0.05, 0.1) is 26.4 Å². The van der Waals surface area contributed by atoms with Gasteiger partial charge in [-0.05, 0) is 31.5 Å². The summed E-state index contributed by atoms with van der Waals surface area (Å²) in [5, 5.41) is 0. The molecule has 1 aromatic rings. The predicted octanol–water partition coefficient (Wildman–Crippen LogP) is 2.17. The molecule has 0 saturated carbocycles. The van der Waals surface area contributed by atoms with Gasteiger partial charge in [-0.1, -0.05) is 18.2 Å². The van der Waals surface area contributed by atoms with Crippen LogP contribution in [-0.2, 0) is 14.2 Å². The molecule has 0 radical (unpaired) electrons. The average molecular weight is 321 g/mol. The predicted molar refractivity (Wildman–Crippen MR) is 87.6 cm³/mol. The van der Waals surface area contributed by atoms with Gasteiger partial charge in [0.2, 0.25) is 0 Å². The van der Waals surface area contributed by atoms with Crippen molar-refractivity contribution in [3.05, 3.63) is 30.3 Å². The highest BCUT2D eigenvalue weighted by molar-refractivity contribution is 5.20. The van der Waals surface area contributed by atoms with E-state index < -0.39 is 0 Å². The van der Waals surface area contributed by atoms with Crippen molar-refractivity contribution in [3.63, 3.8) is 0 Å². The van der Waals surface area contributed by atoms with E-state index in [-0.39, 0.29) is 6.29 Å². The molecule has 0 N–H and O–H groups in total. The van der Waals surface area contributed by atoms with Crippen LogP contribution in [0.4, 0.5) is 0 Å². The van der Waals surface area contributed by atoms with Gasteiger partial charge in [0.25, 0.3) is 0 Å². The fourth-order valence-electron chi connectivity index (χ4n) is 3.20. The zero-order chi connectivity index (χ0) is 15.7. The van der Waals surface area contributed by atoms with Crippen LogP contribution in [0.3, 0.4) is 0 Å². The summed E-state index contributed by atoms with van der Waals surface area (Å²) in [5.41, 5.74) is 0. The topological polar surface area (TPSA) is 40.2 Å². The fourth-order valence-corrected chi connectivity index (χ4v) is 3.20. The number of ether oxygens (including phenoxy) is 4. The summed E-state index contributed by atoms with van der Waals surface area (Å²) in [6, 6.07) is 9.85. The van der Waals surface area contributed by atoms with Crippen molar-refractivity contribution in [2.24, 2.45) is 5.92 Å². The van der Waals surface area contributed by atoms with Gasteiger partial charge in [-0.2, -0.15) is 0 Å². The van der Waals surface area contributed by atoms with Gasteiger partial charge in [0, 0.05) is 19.0 Å². The van der Waals surface area contributed by atoms with Gasteiger partial charge in [0.1, 0.15) is 12.4 Å². The smallest absolute Gasteiger partial charge is 0.161 e. The Kier molecular flexibility index (Phi) is 6.70. The quantitative estimate of drug-likeness (QED) is 0.686. The maximum atomic E-state index is 5.69. The molecule has 0 bridgehead atoms. The van der Waals surface area contributed by atoms with E-state index in [1.165, 1.54) is 12.8 Å². The summed E-state index contributed by atoms with van der Waals surface area (Å²) in [6.45, 7) is 6.61. The molecule has 2 fully saturated rings. The van der Waals surface area contributed by atoms with Crippen molar-refractivity contribution in [2.75, 3.05) is 52.7 Å². The standard InChI is InChI=1S/C18H27NO4/c1-2-6-17(7-3-1)21-12-11-20-10-9-19-8-4-5-16(15-19)18-22-13-14-23-18/h1-3,6-7,16,18H,4-5,8-15H2. The maximum absolute atomic E-state index is 5.69. The van der Waals surface area contributed by atoms with E-state index in [0.29, 0.717) is 19.1 Å². The van der Waals surface area contributed by atoms with Gasteiger partial charge in [-0.3, -0.25) is 0 Å². The second kappa shape index (κ2) is 9.23. The molecule has 3 rings (SSSR count). The summed E-state index contributed by atoms with van der Waals surface area (Å²) < 4.78 is 22.6. The second-order valence-corrected chi connectivity index (χ2v) is 6.09. The first-order chi connectivity index (χ1) is 11.4. The summed E-state index contributed by atoms with van der Waals surface area (Å²) in [4.78, 5) is 2.46. The Hall–Kier alpha value is -1.14. The molecule has 1 aromatic carbocycles. The van der Waals surface area contributed by atoms with Gasteiger partial charge in [0.15, 0.2) is 6.29 Å². The SMILES string of the molecule is c1ccc(OCCOCCN2CCCC(C3OCCO3)C2)cc1. The fraction of sp³-hybridized carbons (Fsp3) is 0.667. The Morgan fingerprint density at radius 3 is 2.70 bits per heavy atom. The average Bonchev–Trinajstić information content (AvgIpc) is 3.14. The molecule has 0 amide bonds. The van der Waals surface area contributed by atoms with Crippen LogP contribution in [0.5, 0.6) is 5.75 Å². The molecule has 1 unspecified atom stereocenters. The first-order valence-electron chi connectivity index (χ1n) is 8.63. The first kappa shape index (κ1) is 16.7. The minimum absolute atomic E-state index is 0.0120. The molecule has 2 aliphatic heterocycles. The highest BCUT2D eigenvalue weighted by Gasteiger charge is 2.30. The zero-order valence-electron chi connectivity index (χ0n) is 13.7. The number of hydrogen-bond acceptors (Lipinski definition) is 5. The van der Waals surface area contributed by atoms with Crippen LogP contribution in [0.1, 0.15) is 12.8 Å². The molecule has 0 spiro atoms. The molecule has 128 valence electrons. The molecular formula is C18H27NO4. The Morgan fingerprint density at radius 1 is 1.04 bits per heavy atom. The van der Waals surface area contributed by atoms with Gasteiger partial charge >= 0.3 is 0 Å². The Morgan fingerprint density at radius 2 is 1.87 bits per heavy atom. The molecule has 0 aromatic heterocycles. The molecule has 23 heavy (non-hydrogen) atoms. The lowest BCUT2D eigenvalue weighted by Crippen LogP contribution is -2.42.